The molecule has 0 saturated carbocycles. The lowest BCUT2D eigenvalue weighted by atomic mass is 10.3. The van der Waals surface area contributed by atoms with Crippen molar-refractivity contribution in [2.24, 2.45) is 0 Å². The molecule has 0 bridgehead atoms. The minimum absolute atomic E-state index is 0.0883. The molecule has 0 aromatic rings. The maximum atomic E-state index is 11.1. The molecule has 0 aromatic carbocycles. The first kappa shape index (κ1) is 20.2. The number of ether oxygens (including phenoxy) is 2. The molecule has 1 unspecified atom stereocenters. The Morgan fingerprint density at radius 3 is 2.24 bits per heavy atom. The maximum absolute atomic E-state index is 11.1. The van der Waals surface area contributed by atoms with Crippen LogP contribution in [0.1, 0.15) is 13.3 Å². The van der Waals surface area contributed by atoms with Gasteiger partial charge in [0.05, 0.1) is 6.61 Å². The smallest absolute Gasteiger partial charge is 0.460 e. The highest BCUT2D eigenvalue weighted by Gasteiger charge is 2.36. The molecule has 21 heavy (non-hydrogen) atoms. The lowest BCUT2D eigenvalue weighted by molar-refractivity contribution is -0.143. The van der Waals surface area contributed by atoms with Gasteiger partial charge >= 0.3 is 14.8 Å². The molecule has 0 aliphatic heterocycles. The van der Waals surface area contributed by atoms with Crippen LogP contribution in [0.25, 0.3) is 0 Å². The van der Waals surface area contributed by atoms with E-state index >= 15 is 0 Å². The highest BCUT2D eigenvalue weighted by molar-refractivity contribution is 6.60. The molecule has 1 N–H and O–H groups in total. The SMILES string of the molecule is C=C(C)C(=O)OCC(O)COCCC[Si](OC)(OC)OC. The predicted molar refractivity (Wildman–Crippen MR) is 78.8 cm³/mol. The van der Waals surface area contributed by atoms with Gasteiger partial charge in [-0.2, -0.15) is 0 Å². The number of carbonyl (C=O) groups is 1. The molecule has 0 spiro atoms. The van der Waals surface area contributed by atoms with Crippen LogP contribution < -0.4 is 0 Å². The van der Waals surface area contributed by atoms with Crippen LogP contribution >= 0.6 is 0 Å². The van der Waals surface area contributed by atoms with Crippen LogP contribution in [0.15, 0.2) is 12.2 Å². The summed E-state index contributed by atoms with van der Waals surface area (Å²) in [5.74, 6) is -0.523. The Labute approximate surface area is 127 Å². The van der Waals surface area contributed by atoms with Crippen molar-refractivity contribution in [2.75, 3.05) is 41.2 Å². The van der Waals surface area contributed by atoms with E-state index in [-0.39, 0.29) is 13.2 Å². The number of esters is 1. The molecule has 0 radical (unpaired) electrons. The highest BCUT2D eigenvalue weighted by atomic mass is 28.4. The van der Waals surface area contributed by atoms with Crippen molar-refractivity contribution in [3.05, 3.63) is 12.2 Å². The standard InChI is InChI=1S/C13H26O7Si/c1-11(2)13(15)20-10-12(14)9-19-7-6-8-21(16-3,17-4)18-5/h12,14H,1,6-10H2,2-5H3. The Hall–Kier alpha value is -0.773. The molecule has 0 aromatic heterocycles. The minimum atomic E-state index is -2.56. The number of carbonyl (C=O) groups excluding carboxylic acids is 1. The normalized spacial score (nSPS) is 13.0. The van der Waals surface area contributed by atoms with E-state index in [1.54, 1.807) is 28.3 Å². The lowest BCUT2D eigenvalue weighted by Crippen LogP contribution is -2.42. The molecule has 0 amide bonds. The second-order valence-electron chi connectivity index (χ2n) is 4.51. The summed E-state index contributed by atoms with van der Waals surface area (Å²) < 4.78 is 25.9. The van der Waals surface area contributed by atoms with E-state index in [4.69, 9.17) is 22.8 Å². The molecule has 124 valence electrons. The Morgan fingerprint density at radius 1 is 1.19 bits per heavy atom. The highest BCUT2D eigenvalue weighted by Crippen LogP contribution is 2.14. The van der Waals surface area contributed by atoms with E-state index in [0.717, 1.165) is 0 Å². The van der Waals surface area contributed by atoms with Gasteiger partial charge in [-0.05, 0) is 13.3 Å². The third-order valence-corrected chi connectivity index (χ3v) is 5.60. The van der Waals surface area contributed by atoms with Gasteiger partial charge in [-0.15, -0.1) is 0 Å². The van der Waals surface area contributed by atoms with Crippen LogP contribution in [0.3, 0.4) is 0 Å². The molecule has 0 fully saturated rings. The Bertz CT molecular complexity index is 309. The summed E-state index contributed by atoms with van der Waals surface area (Å²) in [7, 11) is 2.11. The summed E-state index contributed by atoms with van der Waals surface area (Å²) in [6.07, 6.45) is -0.178. The first-order valence-corrected chi connectivity index (χ1v) is 8.58. The number of hydrogen-bond donors (Lipinski definition) is 1. The number of aliphatic hydroxyl groups is 1. The monoisotopic (exact) mass is 322 g/mol. The molecule has 1 atom stereocenters. The fraction of sp³-hybridized carbons (Fsp3) is 0.769. The van der Waals surface area contributed by atoms with Gasteiger partial charge in [0.15, 0.2) is 0 Å². The molecule has 0 aliphatic carbocycles. The second kappa shape index (κ2) is 10.9. The zero-order valence-corrected chi connectivity index (χ0v) is 14.2. The van der Waals surface area contributed by atoms with E-state index in [2.05, 4.69) is 6.58 Å². The van der Waals surface area contributed by atoms with Gasteiger partial charge in [-0.1, -0.05) is 6.58 Å². The van der Waals surface area contributed by atoms with Crippen LogP contribution in [0.4, 0.5) is 0 Å². The molecular formula is C13H26O7Si. The average Bonchev–Trinajstić information content (AvgIpc) is 2.49. The summed E-state index contributed by atoms with van der Waals surface area (Å²) >= 11 is 0. The number of aliphatic hydroxyl groups excluding tert-OH is 1. The summed E-state index contributed by atoms with van der Waals surface area (Å²) in [5, 5.41) is 9.58. The van der Waals surface area contributed by atoms with Crippen molar-refractivity contribution in [1.29, 1.82) is 0 Å². The van der Waals surface area contributed by atoms with E-state index in [1.807, 2.05) is 0 Å². The fourth-order valence-corrected chi connectivity index (χ4v) is 3.20. The van der Waals surface area contributed by atoms with Crippen molar-refractivity contribution >= 4 is 14.8 Å². The average molecular weight is 322 g/mol. The first-order valence-electron chi connectivity index (χ1n) is 6.64. The number of hydrogen-bond acceptors (Lipinski definition) is 7. The molecule has 0 rings (SSSR count). The molecule has 7 nitrogen and oxygen atoms in total. The van der Waals surface area contributed by atoms with Gasteiger partial charge in [0.25, 0.3) is 0 Å². The van der Waals surface area contributed by atoms with Crippen molar-refractivity contribution in [1.82, 2.24) is 0 Å². The lowest BCUT2D eigenvalue weighted by Gasteiger charge is -2.24. The summed E-state index contributed by atoms with van der Waals surface area (Å²) in [6, 6.07) is 0.622. The van der Waals surface area contributed by atoms with Crippen LogP contribution in [0.5, 0.6) is 0 Å². The minimum Gasteiger partial charge on any atom is -0.460 e. The summed E-state index contributed by atoms with van der Waals surface area (Å²) in [4.78, 5) is 11.1. The second-order valence-corrected chi connectivity index (χ2v) is 7.60. The van der Waals surface area contributed by atoms with E-state index in [9.17, 15) is 9.90 Å². The summed E-state index contributed by atoms with van der Waals surface area (Å²) in [6.45, 7) is 5.39. The van der Waals surface area contributed by atoms with Crippen molar-refractivity contribution in [2.45, 2.75) is 25.5 Å². The van der Waals surface area contributed by atoms with Crippen LogP contribution in [0.2, 0.25) is 6.04 Å². The maximum Gasteiger partial charge on any atom is 0.500 e. The predicted octanol–water partition coefficient (Wildman–Crippen LogP) is 0.751. The van der Waals surface area contributed by atoms with Gasteiger partial charge in [-0.3, -0.25) is 0 Å². The van der Waals surface area contributed by atoms with Gasteiger partial charge in [-0.25, -0.2) is 4.79 Å². The van der Waals surface area contributed by atoms with Crippen molar-refractivity contribution in [3.8, 4) is 0 Å². The molecule has 0 aliphatic rings. The zero-order valence-electron chi connectivity index (χ0n) is 13.2. The van der Waals surface area contributed by atoms with Crippen molar-refractivity contribution in [3.63, 3.8) is 0 Å². The van der Waals surface area contributed by atoms with Crippen molar-refractivity contribution < 1.29 is 32.7 Å². The van der Waals surface area contributed by atoms with Gasteiger partial charge in [0, 0.05) is 39.6 Å². The topological polar surface area (TPSA) is 83.5 Å². The van der Waals surface area contributed by atoms with Gasteiger partial charge < -0.3 is 27.9 Å². The van der Waals surface area contributed by atoms with Crippen LogP contribution in [-0.2, 0) is 27.5 Å². The molecule has 8 heteroatoms. The largest absolute Gasteiger partial charge is 0.500 e. The fourth-order valence-electron chi connectivity index (χ4n) is 1.51. The van der Waals surface area contributed by atoms with Gasteiger partial charge in [0.1, 0.15) is 12.7 Å². The van der Waals surface area contributed by atoms with E-state index in [1.165, 1.54) is 0 Å². The quantitative estimate of drug-likeness (QED) is 0.246. The molecular weight excluding hydrogens is 296 g/mol. The first-order chi connectivity index (χ1) is 9.90. The molecule has 0 heterocycles. The Morgan fingerprint density at radius 2 is 1.76 bits per heavy atom. The summed E-state index contributed by atoms with van der Waals surface area (Å²) in [5.41, 5.74) is 0.295. The van der Waals surface area contributed by atoms with Crippen LogP contribution in [0, 0.1) is 0 Å². The third-order valence-electron chi connectivity index (χ3n) is 2.77. The van der Waals surface area contributed by atoms with Gasteiger partial charge in [0.2, 0.25) is 0 Å². The van der Waals surface area contributed by atoms with E-state index in [0.29, 0.717) is 24.6 Å². The Kier molecular flexibility index (Phi) is 10.5. The number of rotatable bonds is 12. The molecule has 0 saturated heterocycles. The third kappa shape index (κ3) is 8.30. The van der Waals surface area contributed by atoms with E-state index < -0.39 is 20.9 Å². The van der Waals surface area contributed by atoms with Crippen LogP contribution in [-0.4, -0.2) is 67.1 Å². The Balaban J connectivity index is 3.75. The zero-order chi connectivity index (χ0) is 16.3.